The van der Waals surface area contributed by atoms with Gasteiger partial charge in [0.05, 0.1) is 12.5 Å². The zero-order valence-electron chi connectivity index (χ0n) is 14.2. The van der Waals surface area contributed by atoms with Crippen molar-refractivity contribution in [2.24, 2.45) is 0 Å². The summed E-state index contributed by atoms with van der Waals surface area (Å²) >= 11 is 0. The maximum atomic E-state index is 11.6. The highest BCUT2D eigenvalue weighted by Gasteiger charge is 2.08. The van der Waals surface area contributed by atoms with Gasteiger partial charge in [-0.15, -0.1) is 0 Å². The van der Waals surface area contributed by atoms with E-state index in [9.17, 15) is 4.79 Å². The van der Waals surface area contributed by atoms with Crippen LogP contribution in [-0.4, -0.2) is 15.3 Å². The number of ketones is 1. The second-order valence-electron chi connectivity index (χ2n) is 6.07. The molecule has 3 aromatic rings. The van der Waals surface area contributed by atoms with Crippen molar-refractivity contribution in [2.75, 3.05) is 0 Å². The van der Waals surface area contributed by atoms with Crippen LogP contribution in [0, 0.1) is 0 Å². The molecule has 1 aromatic heterocycles. The normalized spacial score (nSPS) is 10.8. The average molecular weight is 318 g/mol. The first-order valence-corrected chi connectivity index (χ1v) is 8.37. The second kappa shape index (κ2) is 7.26. The number of nitrogens with zero attached hydrogens (tertiary/aromatic N) is 2. The monoisotopic (exact) mass is 318 g/mol. The summed E-state index contributed by atoms with van der Waals surface area (Å²) in [5, 5.41) is 0. The molecule has 1 heterocycles. The molecule has 0 fully saturated rings. The molecule has 0 saturated heterocycles. The zero-order valence-corrected chi connectivity index (χ0v) is 14.2. The summed E-state index contributed by atoms with van der Waals surface area (Å²) < 4.78 is 1.89. The quantitative estimate of drug-likeness (QED) is 0.615. The lowest BCUT2D eigenvalue weighted by atomic mass is 9.96. The highest BCUT2D eigenvalue weighted by molar-refractivity contribution is 5.92. The van der Waals surface area contributed by atoms with E-state index in [1.54, 1.807) is 19.4 Å². The van der Waals surface area contributed by atoms with Crippen LogP contribution in [0.1, 0.15) is 41.9 Å². The molecule has 2 aromatic carbocycles. The molecule has 0 amide bonds. The molecule has 0 aliphatic heterocycles. The van der Waals surface area contributed by atoms with E-state index < -0.39 is 0 Å². The fourth-order valence-corrected chi connectivity index (χ4v) is 3.02. The van der Waals surface area contributed by atoms with Gasteiger partial charge in [0.15, 0.2) is 5.78 Å². The summed E-state index contributed by atoms with van der Waals surface area (Å²) in [6, 6.07) is 17.2. The zero-order chi connectivity index (χ0) is 16.9. The lowest BCUT2D eigenvalue weighted by Gasteiger charge is -2.11. The highest BCUT2D eigenvalue weighted by atomic mass is 16.1. The van der Waals surface area contributed by atoms with E-state index in [0.717, 1.165) is 18.4 Å². The summed E-state index contributed by atoms with van der Waals surface area (Å²) in [7, 11) is 0. The Bertz CT molecular complexity index is 831. The molecular formula is C21H22N2O. The number of rotatable bonds is 6. The van der Waals surface area contributed by atoms with Gasteiger partial charge in [-0.05, 0) is 28.7 Å². The molecular weight excluding hydrogens is 296 g/mol. The van der Waals surface area contributed by atoms with Crippen LogP contribution in [0.2, 0.25) is 0 Å². The highest BCUT2D eigenvalue weighted by Crippen LogP contribution is 2.25. The molecule has 3 rings (SSSR count). The number of Topliss-reactive ketones (excluding diaryl/α,β-unsaturated/α-hetero) is 1. The molecule has 24 heavy (non-hydrogen) atoms. The first-order valence-electron chi connectivity index (χ1n) is 8.37. The Morgan fingerprint density at radius 3 is 2.54 bits per heavy atom. The number of aryl methyl sites for hydroxylation is 1. The van der Waals surface area contributed by atoms with Crippen molar-refractivity contribution in [3.63, 3.8) is 0 Å². The summed E-state index contributed by atoms with van der Waals surface area (Å²) in [5.41, 5.74) is 5.74. The van der Waals surface area contributed by atoms with Gasteiger partial charge in [0.25, 0.3) is 0 Å². The van der Waals surface area contributed by atoms with E-state index in [4.69, 9.17) is 0 Å². The Balaban J connectivity index is 1.84. The third kappa shape index (κ3) is 3.46. The molecule has 0 aliphatic carbocycles. The molecule has 0 N–H and O–H groups in total. The predicted molar refractivity (Wildman–Crippen MR) is 97.2 cm³/mol. The first-order chi connectivity index (χ1) is 11.7. The van der Waals surface area contributed by atoms with Crippen LogP contribution >= 0.6 is 0 Å². The molecule has 0 unspecified atom stereocenters. The van der Waals surface area contributed by atoms with Crippen molar-refractivity contribution in [3.05, 3.63) is 77.9 Å². The fourth-order valence-electron chi connectivity index (χ4n) is 3.02. The van der Waals surface area contributed by atoms with Crippen molar-refractivity contribution in [2.45, 2.75) is 33.2 Å². The Labute approximate surface area is 143 Å². The number of hydrogen-bond acceptors (Lipinski definition) is 2. The van der Waals surface area contributed by atoms with E-state index in [-0.39, 0.29) is 5.78 Å². The van der Waals surface area contributed by atoms with E-state index in [1.165, 1.54) is 16.7 Å². The third-order valence-corrected chi connectivity index (χ3v) is 4.23. The van der Waals surface area contributed by atoms with Crippen LogP contribution in [0.25, 0.3) is 11.1 Å². The molecule has 0 radical (unpaired) electrons. The Kier molecular flexibility index (Phi) is 4.90. The van der Waals surface area contributed by atoms with Crippen molar-refractivity contribution < 1.29 is 4.79 Å². The maximum Gasteiger partial charge on any atom is 0.177 e. The van der Waals surface area contributed by atoms with Crippen LogP contribution < -0.4 is 0 Å². The number of aromatic nitrogens is 2. The summed E-state index contributed by atoms with van der Waals surface area (Å²) in [6.45, 7) is 4.44. The largest absolute Gasteiger partial charge is 0.324 e. The standard InChI is InChI=1S/C21H22N2O/c1-3-6-18-7-4-5-8-20(18)19-11-9-17(10-12-19)14-23-15-22-13-21(23)16(2)24/h4-5,7-13,15H,3,6,14H2,1-2H3. The van der Waals surface area contributed by atoms with Crippen LogP contribution in [0.5, 0.6) is 0 Å². The topological polar surface area (TPSA) is 34.9 Å². The summed E-state index contributed by atoms with van der Waals surface area (Å²) in [5.74, 6) is 0.0395. The van der Waals surface area contributed by atoms with Crippen LogP contribution in [0.15, 0.2) is 61.1 Å². The Morgan fingerprint density at radius 1 is 1.08 bits per heavy atom. The Morgan fingerprint density at radius 2 is 1.83 bits per heavy atom. The van der Waals surface area contributed by atoms with Crippen LogP contribution in [0.3, 0.4) is 0 Å². The minimum absolute atomic E-state index is 0.0395. The van der Waals surface area contributed by atoms with Crippen molar-refractivity contribution >= 4 is 5.78 Å². The van der Waals surface area contributed by atoms with Gasteiger partial charge in [0.2, 0.25) is 0 Å². The molecule has 3 nitrogen and oxygen atoms in total. The lowest BCUT2D eigenvalue weighted by Crippen LogP contribution is -2.06. The van der Waals surface area contributed by atoms with Crippen LogP contribution in [0.4, 0.5) is 0 Å². The molecule has 122 valence electrons. The number of hydrogen-bond donors (Lipinski definition) is 0. The smallest absolute Gasteiger partial charge is 0.177 e. The van der Waals surface area contributed by atoms with E-state index >= 15 is 0 Å². The third-order valence-electron chi connectivity index (χ3n) is 4.23. The van der Waals surface area contributed by atoms with Gasteiger partial charge in [-0.2, -0.15) is 0 Å². The molecule has 0 aliphatic rings. The fraction of sp³-hybridized carbons (Fsp3) is 0.238. The van der Waals surface area contributed by atoms with Gasteiger partial charge in [0.1, 0.15) is 5.69 Å². The lowest BCUT2D eigenvalue weighted by molar-refractivity contribution is 0.100. The van der Waals surface area contributed by atoms with Gasteiger partial charge in [-0.1, -0.05) is 61.9 Å². The molecule has 3 heteroatoms. The minimum atomic E-state index is 0.0395. The maximum absolute atomic E-state index is 11.6. The van der Waals surface area contributed by atoms with E-state index in [0.29, 0.717) is 12.2 Å². The predicted octanol–water partition coefficient (Wildman–Crippen LogP) is 4.75. The SMILES string of the molecule is CCCc1ccccc1-c1ccc(Cn2cncc2C(C)=O)cc1. The minimum Gasteiger partial charge on any atom is -0.324 e. The Hall–Kier alpha value is -2.68. The molecule has 0 atom stereocenters. The molecule has 0 spiro atoms. The summed E-state index contributed by atoms with van der Waals surface area (Å²) in [4.78, 5) is 15.7. The van der Waals surface area contributed by atoms with Crippen molar-refractivity contribution in [1.82, 2.24) is 9.55 Å². The molecule has 0 saturated carbocycles. The van der Waals surface area contributed by atoms with Gasteiger partial charge in [0, 0.05) is 13.5 Å². The van der Waals surface area contributed by atoms with Gasteiger partial charge < -0.3 is 4.57 Å². The second-order valence-corrected chi connectivity index (χ2v) is 6.07. The van der Waals surface area contributed by atoms with Gasteiger partial charge in [-0.25, -0.2) is 4.98 Å². The number of carbonyl (C=O) groups is 1. The van der Waals surface area contributed by atoms with Gasteiger partial charge in [-0.3, -0.25) is 4.79 Å². The molecule has 0 bridgehead atoms. The first kappa shape index (κ1) is 16.2. The summed E-state index contributed by atoms with van der Waals surface area (Å²) in [6.07, 6.45) is 5.57. The van der Waals surface area contributed by atoms with Crippen molar-refractivity contribution in [1.29, 1.82) is 0 Å². The van der Waals surface area contributed by atoms with Crippen molar-refractivity contribution in [3.8, 4) is 11.1 Å². The average Bonchev–Trinajstić information content (AvgIpc) is 3.05. The number of carbonyl (C=O) groups excluding carboxylic acids is 1. The van der Waals surface area contributed by atoms with Gasteiger partial charge >= 0.3 is 0 Å². The van der Waals surface area contributed by atoms with E-state index in [1.807, 2.05) is 4.57 Å². The van der Waals surface area contributed by atoms with Crippen LogP contribution in [-0.2, 0) is 13.0 Å². The van der Waals surface area contributed by atoms with E-state index in [2.05, 4.69) is 60.4 Å². The number of benzene rings is 2. The number of imidazole rings is 1.